The third-order valence-electron chi connectivity index (χ3n) is 11.3. The summed E-state index contributed by atoms with van der Waals surface area (Å²) in [5, 5.41) is 10.3. The quantitative estimate of drug-likeness (QED) is 0.423. The normalized spacial score (nSPS) is 44.7. The summed E-state index contributed by atoms with van der Waals surface area (Å²) in [6.45, 7) is 14.8. The van der Waals surface area contributed by atoms with E-state index < -0.39 is 0 Å². The summed E-state index contributed by atoms with van der Waals surface area (Å²) >= 11 is 0. The number of hydrogen-bond acceptors (Lipinski definition) is 1. The first kappa shape index (κ1) is 23.6. The number of aliphatic hydroxyl groups excluding tert-OH is 1. The van der Waals surface area contributed by atoms with E-state index in [1.807, 2.05) is 0 Å². The van der Waals surface area contributed by atoms with Gasteiger partial charge in [0.05, 0.1) is 6.10 Å². The molecule has 4 aliphatic rings. The first-order valence-corrected chi connectivity index (χ1v) is 13.8. The molecule has 9 atom stereocenters. The average Bonchev–Trinajstić information content (AvgIpc) is 3.10. The van der Waals surface area contributed by atoms with Crippen LogP contribution in [-0.4, -0.2) is 11.2 Å². The lowest BCUT2D eigenvalue weighted by molar-refractivity contribution is -0.0573. The minimum Gasteiger partial charge on any atom is -0.393 e. The summed E-state index contributed by atoms with van der Waals surface area (Å²) < 4.78 is 0. The Morgan fingerprint density at radius 1 is 1.10 bits per heavy atom. The van der Waals surface area contributed by atoms with E-state index in [0.717, 1.165) is 48.3 Å². The second-order valence-corrected chi connectivity index (χ2v) is 12.6. The van der Waals surface area contributed by atoms with Gasteiger partial charge in [-0.05, 0) is 124 Å². The van der Waals surface area contributed by atoms with E-state index in [1.165, 1.54) is 57.8 Å². The van der Waals surface area contributed by atoms with Crippen LogP contribution in [0.2, 0.25) is 0 Å². The molecule has 1 nitrogen and oxygen atoms in total. The highest BCUT2D eigenvalue weighted by Crippen LogP contribution is 2.67. The maximum Gasteiger partial charge on any atom is 0.0577 e. The van der Waals surface area contributed by atoms with Gasteiger partial charge in [0.15, 0.2) is 0 Å². The van der Waals surface area contributed by atoms with Gasteiger partial charge in [-0.2, -0.15) is 0 Å². The smallest absolute Gasteiger partial charge is 0.0577 e. The molecule has 176 valence electrons. The van der Waals surface area contributed by atoms with Crippen molar-refractivity contribution >= 4 is 0 Å². The Bertz CT molecular complexity index is 703. The maximum atomic E-state index is 10.3. The maximum absolute atomic E-state index is 10.3. The second-order valence-electron chi connectivity index (χ2n) is 12.6. The van der Waals surface area contributed by atoms with Gasteiger partial charge in [0, 0.05) is 0 Å². The van der Waals surface area contributed by atoms with Crippen LogP contribution in [0.3, 0.4) is 0 Å². The summed E-state index contributed by atoms with van der Waals surface area (Å²) in [4.78, 5) is 0. The molecule has 31 heavy (non-hydrogen) atoms. The van der Waals surface area contributed by atoms with Crippen LogP contribution in [-0.2, 0) is 0 Å². The van der Waals surface area contributed by atoms with E-state index >= 15 is 0 Å². The van der Waals surface area contributed by atoms with Gasteiger partial charge in [0.1, 0.15) is 0 Å². The van der Waals surface area contributed by atoms with E-state index in [4.69, 9.17) is 0 Å². The molecule has 1 heteroatoms. The van der Waals surface area contributed by atoms with Crippen LogP contribution in [0.25, 0.3) is 0 Å². The van der Waals surface area contributed by atoms with Gasteiger partial charge in [-0.25, -0.2) is 0 Å². The molecule has 3 saturated carbocycles. The zero-order chi connectivity index (χ0) is 22.4. The first-order chi connectivity index (χ1) is 14.7. The highest BCUT2D eigenvalue weighted by Gasteiger charge is 2.59. The fraction of sp³-hybridized carbons (Fsp3) is 0.867. The zero-order valence-corrected chi connectivity index (χ0v) is 21.4. The fourth-order valence-corrected chi connectivity index (χ4v) is 9.35. The third-order valence-corrected chi connectivity index (χ3v) is 11.3. The van der Waals surface area contributed by atoms with Crippen molar-refractivity contribution in [3.8, 4) is 0 Å². The largest absolute Gasteiger partial charge is 0.393 e. The minimum absolute atomic E-state index is 0.0837. The summed E-state index contributed by atoms with van der Waals surface area (Å²) in [5.41, 5.74) is 4.21. The Hall–Kier alpha value is -0.560. The van der Waals surface area contributed by atoms with E-state index in [-0.39, 0.29) is 6.10 Å². The molecule has 0 aromatic carbocycles. The van der Waals surface area contributed by atoms with Gasteiger partial charge in [-0.1, -0.05) is 57.9 Å². The Morgan fingerprint density at radius 3 is 2.58 bits per heavy atom. The van der Waals surface area contributed by atoms with Crippen LogP contribution < -0.4 is 0 Å². The van der Waals surface area contributed by atoms with E-state index in [9.17, 15) is 5.11 Å². The Labute approximate surface area is 193 Å². The molecule has 0 bridgehead atoms. The molecular formula is C30H50O. The Morgan fingerprint density at radius 2 is 1.87 bits per heavy atom. The molecule has 0 radical (unpaired) electrons. The van der Waals surface area contributed by atoms with Crippen LogP contribution in [0.5, 0.6) is 0 Å². The van der Waals surface area contributed by atoms with Gasteiger partial charge >= 0.3 is 0 Å². The van der Waals surface area contributed by atoms with E-state index in [0.29, 0.717) is 10.8 Å². The molecule has 0 aliphatic heterocycles. The Balaban J connectivity index is 1.46. The second kappa shape index (κ2) is 9.00. The number of fused-ring (bicyclic) bond motifs is 5. The van der Waals surface area contributed by atoms with Crippen LogP contribution in [0.1, 0.15) is 112 Å². The number of aliphatic hydroxyl groups is 1. The molecular weight excluding hydrogens is 376 g/mol. The zero-order valence-electron chi connectivity index (χ0n) is 21.4. The molecule has 6 unspecified atom stereocenters. The lowest BCUT2D eigenvalue weighted by Gasteiger charge is -2.58. The predicted molar refractivity (Wildman–Crippen MR) is 133 cm³/mol. The lowest BCUT2D eigenvalue weighted by atomic mass is 9.47. The van der Waals surface area contributed by atoms with Crippen molar-refractivity contribution in [1.82, 2.24) is 0 Å². The molecule has 1 N–H and O–H groups in total. The van der Waals surface area contributed by atoms with Crippen molar-refractivity contribution in [1.29, 1.82) is 0 Å². The van der Waals surface area contributed by atoms with Crippen molar-refractivity contribution in [3.63, 3.8) is 0 Å². The molecule has 0 spiro atoms. The third kappa shape index (κ3) is 4.00. The van der Waals surface area contributed by atoms with E-state index in [2.05, 4.69) is 53.7 Å². The molecule has 0 aromatic rings. The SMILES string of the molecule is C/C=C(\CC)[C@H](C)CC[C@@H](C)C1CCC2C3CC=C4C[C@@H](O)CCC4(C)C3CCC21C. The van der Waals surface area contributed by atoms with Crippen molar-refractivity contribution < 1.29 is 5.11 Å². The standard InChI is InChI=1S/C30H50O/c1-7-22(8-2)20(3)9-10-21(4)26-13-14-27-25-12-11-23-19-24(31)15-17-29(23,5)28(25)16-18-30(26,27)6/h7,11,20-21,24-28,31H,8-10,12-19H2,1-6H3/b22-7+/t20-,21-,24+,25?,26?,27?,28?,29?,30?/m1/s1. The van der Waals surface area contributed by atoms with Gasteiger partial charge in [0.2, 0.25) is 0 Å². The highest BCUT2D eigenvalue weighted by molar-refractivity contribution is 5.25. The monoisotopic (exact) mass is 426 g/mol. The molecule has 0 aromatic heterocycles. The van der Waals surface area contributed by atoms with Crippen LogP contribution in [0.15, 0.2) is 23.3 Å². The van der Waals surface area contributed by atoms with Crippen molar-refractivity contribution in [2.45, 2.75) is 118 Å². The van der Waals surface area contributed by atoms with Gasteiger partial charge in [0.25, 0.3) is 0 Å². The van der Waals surface area contributed by atoms with Crippen LogP contribution >= 0.6 is 0 Å². The molecule has 4 aliphatic carbocycles. The summed E-state index contributed by atoms with van der Waals surface area (Å²) in [6.07, 6.45) is 19.1. The van der Waals surface area contributed by atoms with Crippen molar-refractivity contribution in [2.24, 2.45) is 46.3 Å². The molecule has 4 rings (SSSR count). The topological polar surface area (TPSA) is 20.2 Å². The van der Waals surface area contributed by atoms with Gasteiger partial charge < -0.3 is 5.11 Å². The van der Waals surface area contributed by atoms with Gasteiger partial charge in [-0.3, -0.25) is 0 Å². The van der Waals surface area contributed by atoms with Crippen LogP contribution in [0.4, 0.5) is 0 Å². The minimum atomic E-state index is -0.0837. The Kier molecular flexibility index (Phi) is 6.85. The predicted octanol–water partition coefficient (Wildman–Crippen LogP) is 8.34. The first-order valence-electron chi connectivity index (χ1n) is 13.8. The molecule has 0 saturated heterocycles. The number of hydrogen-bond donors (Lipinski definition) is 1. The number of rotatable bonds is 6. The van der Waals surface area contributed by atoms with Crippen molar-refractivity contribution in [3.05, 3.63) is 23.3 Å². The lowest BCUT2D eigenvalue weighted by Crippen LogP contribution is -2.50. The summed E-state index contributed by atoms with van der Waals surface area (Å²) in [6, 6.07) is 0. The fourth-order valence-electron chi connectivity index (χ4n) is 9.35. The van der Waals surface area contributed by atoms with E-state index in [1.54, 1.807) is 11.1 Å². The summed E-state index contributed by atoms with van der Waals surface area (Å²) in [7, 11) is 0. The summed E-state index contributed by atoms with van der Waals surface area (Å²) in [5.74, 6) is 5.23. The molecule has 0 heterocycles. The number of allylic oxidation sites excluding steroid dienone is 3. The van der Waals surface area contributed by atoms with Crippen molar-refractivity contribution in [2.75, 3.05) is 0 Å². The average molecular weight is 427 g/mol. The highest BCUT2D eigenvalue weighted by atomic mass is 16.3. The van der Waals surface area contributed by atoms with Crippen LogP contribution in [0, 0.1) is 46.3 Å². The molecule has 0 amide bonds. The molecule has 3 fully saturated rings. The van der Waals surface area contributed by atoms with Gasteiger partial charge in [-0.15, -0.1) is 0 Å².